The number of hydrogen-bond acceptors (Lipinski definition) is 4. The minimum absolute atomic E-state index is 0.106. The summed E-state index contributed by atoms with van der Waals surface area (Å²) in [5.74, 6) is 0. The fourth-order valence-electron chi connectivity index (χ4n) is 2.63. The summed E-state index contributed by atoms with van der Waals surface area (Å²) >= 11 is 0. The van der Waals surface area contributed by atoms with Crippen LogP contribution in [-0.2, 0) is 18.3 Å². The van der Waals surface area contributed by atoms with E-state index in [9.17, 15) is 9.59 Å². The lowest BCUT2D eigenvalue weighted by Crippen LogP contribution is -2.32. The van der Waals surface area contributed by atoms with Crippen molar-refractivity contribution in [2.24, 2.45) is 7.05 Å². The molecule has 1 aromatic carbocycles. The maximum Gasteiger partial charge on any atom is 0.407 e. The normalized spacial score (nSPS) is 11.5. The highest BCUT2D eigenvalue weighted by Crippen LogP contribution is 2.21. The van der Waals surface area contributed by atoms with E-state index in [2.05, 4.69) is 15.4 Å². The monoisotopic (exact) mass is 354 g/mol. The van der Waals surface area contributed by atoms with E-state index in [1.165, 1.54) is 6.07 Å². The van der Waals surface area contributed by atoms with Crippen molar-refractivity contribution in [3.05, 3.63) is 52.6 Å². The Morgan fingerprint density at radius 2 is 2.04 bits per heavy atom. The van der Waals surface area contributed by atoms with E-state index >= 15 is 0 Å². The van der Waals surface area contributed by atoms with Crippen LogP contribution in [0.5, 0.6) is 0 Å². The second-order valence-corrected chi connectivity index (χ2v) is 7.18. The molecule has 0 radical (unpaired) electrons. The van der Waals surface area contributed by atoms with Crippen LogP contribution in [-0.4, -0.2) is 26.5 Å². The van der Waals surface area contributed by atoms with Crippen LogP contribution in [0, 0.1) is 0 Å². The number of rotatable bonds is 3. The van der Waals surface area contributed by atoms with Crippen molar-refractivity contribution in [2.45, 2.75) is 32.9 Å². The maximum atomic E-state index is 12.5. The van der Waals surface area contributed by atoms with Gasteiger partial charge in [-0.2, -0.15) is 5.10 Å². The Bertz CT molecular complexity index is 1010. The number of alkyl carbamates (subject to hydrolysis) is 1. The number of fused-ring (bicyclic) bond motifs is 1. The number of nitrogens with one attached hydrogen (secondary N) is 2. The van der Waals surface area contributed by atoms with Gasteiger partial charge in [-0.25, -0.2) is 4.79 Å². The molecule has 2 heterocycles. The Labute approximate surface area is 151 Å². The molecule has 2 aromatic heterocycles. The van der Waals surface area contributed by atoms with Gasteiger partial charge in [0.15, 0.2) is 5.43 Å². The Balaban J connectivity index is 1.82. The van der Waals surface area contributed by atoms with E-state index in [1.807, 2.05) is 31.4 Å². The zero-order valence-electron chi connectivity index (χ0n) is 15.3. The van der Waals surface area contributed by atoms with Crippen LogP contribution in [0.1, 0.15) is 26.5 Å². The van der Waals surface area contributed by atoms with Crippen molar-refractivity contribution in [2.75, 3.05) is 0 Å². The standard InChI is InChI=1S/C19H22N4O3/c1-19(2,3)26-18(25)20-10-14-8-17(24)15-7-12(5-6-16(15)22-14)13-9-21-23(4)11-13/h5-9,11H,10H2,1-4H3,(H,20,25)(H,22,24). The molecule has 0 aliphatic carbocycles. The summed E-state index contributed by atoms with van der Waals surface area (Å²) in [6.07, 6.45) is 3.13. The molecule has 3 rings (SSSR count). The zero-order valence-corrected chi connectivity index (χ0v) is 15.3. The summed E-state index contributed by atoms with van der Waals surface area (Å²) in [6.45, 7) is 5.57. The quantitative estimate of drug-likeness (QED) is 0.757. The summed E-state index contributed by atoms with van der Waals surface area (Å²) in [7, 11) is 1.85. The average molecular weight is 354 g/mol. The minimum atomic E-state index is -0.566. The van der Waals surface area contributed by atoms with Crippen molar-refractivity contribution in [3.63, 3.8) is 0 Å². The van der Waals surface area contributed by atoms with E-state index in [0.717, 1.165) is 11.1 Å². The van der Waals surface area contributed by atoms with Crippen LogP contribution in [0.3, 0.4) is 0 Å². The summed E-state index contributed by atoms with van der Waals surface area (Å²) in [4.78, 5) is 27.4. The number of benzene rings is 1. The summed E-state index contributed by atoms with van der Waals surface area (Å²) in [5.41, 5.74) is 2.53. The van der Waals surface area contributed by atoms with E-state index in [1.54, 1.807) is 31.6 Å². The van der Waals surface area contributed by atoms with Crippen molar-refractivity contribution < 1.29 is 9.53 Å². The molecule has 2 N–H and O–H groups in total. The molecule has 1 amide bonds. The number of carbonyl (C=O) groups excluding carboxylic acids is 1. The van der Waals surface area contributed by atoms with Crippen LogP contribution in [0.25, 0.3) is 22.0 Å². The van der Waals surface area contributed by atoms with Gasteiger partial charge in [0, 0.05) is 41.5 Å². The van der Waals surface area contributed by atoms with Crippen molar-refractivity contribution >= 4 is 17.0 Å². The van der Waals surface area contributed by atoms with Crippen molar-refractivity contribution in [3.8, 4) is 11.1 Å². The number of aromatic amines is 1. The van der Waals surface area contributed by atoms with Crippen molar-refractivity contribution in [1.82, 2.24) is 20.1 Å². The molecule has 0 aliphatic rings. The van der Waals surface area contributed by atoms with Gasteiger partial charge < -0.3 is 15.0 Å². The molecule has 0 saturated heterocycles. The van der Waals surface area contributed by atoms with Gasteiger partial charge >= 0.3 is 6.09 Å². The lowest BCUT2D eigenvalue weighted by molar-refractivity contribution is 0.0523. The predicted octanol–water partition coefficient (Wildman–Crippen LogP) is 2.95. The minimum Gasteiger partial charge on any atom is -0.444 e. The van der Waals surface area contributed by atoms with Gasteiger partial charge in [-0.3, -0.25) is 9.48 Å². The number of aryl methyl sites for hydroxylation is 1. The first-order chi connectivity index (χ1) is 12.2. The van der Waals surface area contributed by atoms with E-state index in [0.29, 0.717) is 16.6 Å². The Hall–Kier alpha value is -3.09. The molecule has 136 valence electrons. The Morgan fingerprint density at radius 3 is 2.69 bits per heavy atom. The molecular formula is C19H22N4O3. The number of aromatic nitrogens is 3. The lowest BCUT2D eigenvalue weighted by atomic mass is 10.1. The Kier molecular flexibility index (Phi) is 4.54. The number of hydrogen-bond donors (Lipinski definition) is 2. The topological polar surface area (TPSA) is 89.0 Å². The first-order valence-electron chi connectivity index (χ1n) is 8.33. The molecule has 0 atom stereocenters. The average Bonchev–Trinajstić information content (AvgIpc) is 2.98. The van der Waals surface area contributed by atoms with Crippen LogP contribution in [0.15, 0.2) is 41.5 Å². The summed E-state index contributed by atoms with van der Waals surface area (Å²) in [5, 5.41) is 7.39. The zero-order chi connectivity index (χ0) is 18.9. The number of carbonyl (C=O) groups is 1. The smallest absolute Gasteiger partial charge is 0.407 e. The molecule has 0 bridgehead atoms. The van der Waals surface area contributed by atoms with Gasteiger partial charge in [0.2, 0.25) is 0 Å². The van der Waals surface area contributed by atoms with Gasteiger partial charge in [-0.05, 0) is 38.5 Å². The second kappa shape index (κ2) is 6.67. The highest BCUT2D eigenvalue weighted by molar-refractivity contribution is 5.84. The Morgan fingerprint density at radius 1 is 1.27 bits per heavy atom. The highest BCUT2D eigenvalue weighted by Gasteiger charge is 2.16. The molecule has 3 aromatic rings. The number of pyridine rings is 1. The number of ether oxygens (including phenoxy) is 1. The maximum absolute atomic E-state index is 12.5. The summed E-state index contributed by atoms with van der Waals surface area (Å²) in [6, 6.07) is 7.12. The molecule has 0 aliphatic heterocycles. The first-order valence-corrected chi connectivity index (χ1v) is 8.33. The molecule has 0 spiro atoms. The van der Waals surface area contributed by atoms with Crippen LogP contribution in [0.2, 0.25) is 0 Å². The fourth-order valence-corrected chi connectivity index (χ4v) is 2.63. The fraction of sp³-hybridized carbons (Fsp3) is 0.316. The third-order valence-electron chi connectivity index (χ3n) is 3.75. The molecule has 0 saturated carbocycles. The van der Waals surface area contributed by atoms with E-state index < -0.39 is 11.7 Å². The second-order valence-electron chi connectivity index (χ2n) is 7.18. The van der Waals surface area contributed by atoms with Gasteiger partial charge in [0.1, 0.15) is 5.60 Å². The van der Waals surface area contributed by atoms with Gasteiger partial charge in [-0.15, -0.1) is 0 Å². The summed E-state index contributed by atoms with van der Waals surface area (Å²) < 4.78 is 6.91. The third kappa shape index (κ3) is 4.11. The molecule has 0 unspecified atom stereocenters. The predicted molar refractivity (Wildman–Crippen MR) is 99.8 cm³/mol. The molecule has 26 heavy (non-hydrogen) atoms. The van der Waals surface area contributed by atoms with Gasteiger partial charge in [0.25, 0.3) is 0 Å². The SMILES string of the molecule is Cn1cc(-c2ccc3[nH]c(CNC(=O)OC(C)(C)C)cc(=O)c3c2)cn1. The number of amides is 1. The van der Waals surface area contributed by atoms with Gasteiger partial charge in [0.05, 0.1) is 12.7 Å². The molecular weight excluding hydrogens is 332 g/mol. The first kappa shape index (κ1) is 17.7. The van der Waals surface area contributed by atoms with Crippen LogP contribution >= 0.6 is 0 Å². The van der Waals surface area contributed by atoms with Crippen molar-refractivity contribution in [1.29, 1.82) is 0 Å². The molecule has 0 fully saturated rings. The third-order valence-corrected chi connectivity index (χ3v) is 3.75. The largest absolute Gasteiger partial charge is 0.444 e. The van der Waals surface area contributed by atoms with Crippen LogP contribution < -0.4 is 10.7 Å². The van der Waals surface area contributed by atoms with Crippen LogP contribution in [0.4, 0.5) is 4.79 Å². The van der Waals surface area contributed by atoms with E-state index in [-0.39, 0.29) is 12.0 Å². The number of nitrogens with zero attached hydrogens (tertiary/aromatic N) is 2. The molecule has 7 heteroatoms. The molecule has 7 nitrogen and oxygen atoms in total. The lowest BCUT2D eigenvalue weighted by Gasteiger charge is -2.19. The van der Waals surface area contributed by atoms with Gasteiger partial charge in [-0.1, -0.05) is 6.07 Å². The number of H-pyrrole nitrogens is 1. The van der Waals surface area contributed by atoms with E-state index in [4.69, 9.17) is 4.74 Å². The highest BCUT2D eigenvalue weighted by atomic mass is 16.6.